The zero-order valence-electron chi connectivity index (χ0n) is 20.5. The summed E-state index contributed by atoms with van der Waals surface area (Å²) in [6.07, 6.45) is -15.7. The first-order valence-corrected chi connectivity index (χ1v) is 12.0. The van der Waals surface area contributed by atoms with Crippen LogP contribution in [-0.4, -0.2) is 120 Å². The van der Waals surface area contributed by atoms with Crippen LogP contribution >= 0.6 is 0 Å². The Morgan fingerprint density at radius 1 is 0.821 bits per heavy atom. The van der Waals surface area contributed by atoms with Crippen LogP contribution in [0.4, 0.5) is 0 Å². The van der Waals surface area contributed by atoms with Crippen LogP contribution in [-0.2, 0) is 14.2 Å². The van der Waals surface area contributed by atoms with Crippen LogP contribution in [0, 0.1) is 0 Å². The molecular weight excluding hydrogens is 524 g/mol. The molecule has 39 heavy (non-hydrogen) atoms. The molecule has 2 saturated heterocycles. The highest BCUT2D eigenvalue weighted by Crippen LogP contribution is 2.37. The van der Waals surface area contributed by atoms with E-state index in [1.807, 2.05) is 0 Å². The summed E-state index contributed by atoms with van der Waals surface area (Å²) in [6, 6.07) is 7.01. The number of ketones is 1. The molecule has 0 aromatic heterocycles. The van der Waals surface area contributed by atoms with Crippen LogP contribution in [0.25, 0.3) is 0 Å². The van der Waals surface area contributed by atoms with Crippen molar-refractivity contribution in [3.63, 3.8) is 0 Å². The van der Waals surface area contributed by atoms with Gasteiger partial charge in [0.1, 0.15) is 71.3 Å². The Morgan fingerprint density at radius 3 is 2.10 bits per heavy atom. The highest BCUT2D eigenvalue weighted by molar-refractivity contribution is 6.12. The van der Waals surface area contributed by atoms with Gasteiger partial charge in [0.2, 0.25) is 12.1 Å². The molecule has 214 valence electrons. The predicted molar refractivity (Wildman–Crippen MR) is 127 cm³/mol. The SMILES string of the molecule is CC1OC(Oc2cc(O)cc(O)c2C(=O)c2ccc(O)cc2)C(O)C(O)C1OC1OC(CO)C(O)C(O)C1O. The fourth-order valence-corrected chi connectivity index (χ4v) is 4.42. The van der Waals surface area contributed by atoms with E-state index < -0.39 is 90.9 Å². The molecule has 2 heterocycles. The van der Waals surface area contributed by atoms with Crippen LogP contribution in [0.5, 0.6) is 23.0 Å². The quantitative estimate of drug-likeness (QED) is 0.169. The van der Waals surface area contributed by atoms with Crippen LogP contribution < -0.4 is 4.74 Å². The van der Waals surface area contributed by atoms with Gasteiger partial charge in [-0.25, -0.2) is 0 Å². The lowest BCUT2D eigenvalue weighted by Crippen LogP contribution is -2.64. The van der Waals surface area contributed by atoms with Gasteiger partial charge in [0.15, 0.2) is 6.29 Å². The second-order valence-corrected chi connectivity index (χ2v) is 9.32. The van der Waals surface area contributed by atoms with E-state index in [0.29, 0.717) is 0 Å². The molecule has 2 fully saturated rings. The highest BCUT2D eigenvalue weighted by atomic mass is 16.7. The Kier molecular flexibility index (Phi) is 8.60. The van der Waals surface area contributed by atoms with E-state index in [1.54, 1.807) is 0 Å². The molecule has 14 nitrogen and oxygen atoms in total. The molecule has 0 bridgehead atoms. The van der Waals surface area contributed by atoms with Crippen LogP contribution in [0.2, 0.25) is 0 Å². The van der Waals surface area contributed by atoms with Crippen molar-refractivity contribution in [2.45, 2.75) is 68.3 Å². The van der Waals surface area contributed by atoms with Gasteiger partial charge in [0, 0.05) is 17.7 Å². The molecule has 2 aliphatic rings. The van der Waals surface area contributed by atoms with E-state index in [-0.39, 0.29) is 17.1 Å². The van der Waals surface area contributed by atoms with Crippen molar-refractivity contribution < 1.29 is 69.7 Å². The average Bonchev–Trinajstić information content (AvgIpc) is 2.89. The van der Waals surface area contributed by atoms with Gasteiger partial charge in [-0.15, -0.1) is 0 Å². The maximum Gasteiger partial charge on any atom is 0.229 e. The average molecular weight is 555 g/mol. The number of ether oxygens (including phenoxy) is 4. The molecule has 0 spiro atoms. The number of benzene rings is 2. The fraction of sp³-hybridized carbons (Fsp3) is 0.480. The number of phenolic OH excluding ortho intramolecular Hbond substituents is 3. The number of hydrogen-bond donors (Lipinski definition) is 9. The van der Waals surface area contributed by atoms with Gasteiger partial charge in [-0.3, -0.25) is 4.79 Å². The van der Waals surface area contributed by atoms with Gasteiger partial charge < -0.3 is 64.9 Å². The normalized spacial score (nSPS) is 34.9. The zero-order chi connectivity index (χ0) is 28.6. The summed E-state index contributed by atoms with van der Waals surface area (Å²) < 4.78 is 22.1. The summed E-state index contributed by atoms with van der Waals surface area (Å²) >= 11 is 0. The summed E-state index contributed by atoms with van der Waals surface area (Å²) in [4.78, 5) is 13.1. The number of rotatable bonds is 7. The third kappa shape index (κ3) is 5.79. The number of hydrogen-bond acceptors (Lipinski definition) is 14. The summed E-state index contributed by atoms with van der Waals surface area (Å²) in [5.41, 5.74) is -0.332. The van der Waals surface area contributed by atoms with Gasteiger partial charge in [-0.05, 0) is 31.2 Å². The van der Waals surface area contributed by atoms with E-state index in [0.717, 1.165) is 12.1 Å². The van der Waals surface area contributed by atoms with Crippen molar-refractivity contribution in [2.75, 3.05) is 6.61 Å². The first-order chi connectivity index (χ1) is 18.4. The minimum Gasteiger partial charge on any atom is -0.508 e. The van der Waals surface area contributed by atoms with Crippen LogP contribution in [0.1, 0.15) is 22.8 Å². The van der Waals surface area contributed by atoms with Crippen molar-refractivity contribution in [2.24, 2.45) is 0 Å². The molecule has 2 aromatic carbocycles. The van der Waals surface area contributed by atoms with Gasteiger partial charge in [-0.1, -0.05) is 0 Å². The topological polar surface area (TPSA) is 236 Å². The largest absolute Gasteiger partial charge is 0.508 e. The second kappa shape index (κ2) is 11.6. The van der Waals surface area contributed by atoms with E-state index in [9.17, 15) is 50.8 Å². The lowest BCUT2D eigenvalue weighted by Gasteiger charge is -2.45. The van der Waals surface area contributed by atoms with E-state index >= 15 is 0 Å². The molecule has 0 radical (unpaired) electrons. The third-order valence-electron chi connectivity index (χ3n) is 6.58. The van der Waals surface area contributed by atoms with E-state index in [1.165, 1.54) is 31.2 Å². The Hall–Kier alpha value is -3.05. The molecule has 0 aliphatic carbocycles. The lowest BCUT2D eigenvalue weighted by atomic mass is 9.97. The number of aromatic hydroxyl groups is 3. The molecule has 9 N–H and O–H groups in total. The minimum atomic E-state index is -1.84. The molecule has 10 unspecified atom stereocenters. The van der Waals surface area contributed by atoms with E-state index in [4.69, 9.17) is 18.9 Å². The molecule has 10 atom stereocenters. The molecular formula is C25H30O14. The van der Waals surface area contributed by atoms with Crippen LogP contribution in [0.3, 0.4) is 0 Å². The molecule has 14 heteroatoms. The lowest BCUT2D eigenvalue weighted by molar-refractivity contribution is -0.348. The number of aliphatic hydroxyl groups is 6. The van der Waals surface area contributed by atoms with Crippen molar-refractivity contribution in [1.82, 2.24) is 0 Å². The summed E-state index contributed by atoms with van der Waals surface area (Å²) in [7, 11) is 0. The van der Waals surface area contributed by atoms with Crippen molar-refractivity contribution in [3.05, 3.63) is 47.5 Å². The molecule has 0 saturated carbocycles. The fourth-order valence-electron chi connectivity index (χ4n) is 4.42. The van der Waals surface area contributed by atoms with Gasteiger partial charge in [0.05, 0.1) is 12.7 Å². The molecule has 4 rings (SSSR count). The number of aliphatic hydroxyl groups excluding tert-OH is 6. The number of carbonyl (C=O) groups is 1. The molecule has 2 aromatic rings. The highest BCUT2D eigenvalue weighted by Gasteiger charge is 2.50. The maximum atomic E-state index is 13.1. The monoisotopic (exact) mass is 554 g/mol. The predicted octanol–water partition coefficient (Wildman–Crippen LogP) is -1.94. The summed E-state index contributed by atoms with van der Waals surface area (Å²) in [5.74, 6) is -2.36. The number of carbonyl (C=O) groups excluding carboxylic acids is 1. The van der Waals surface area contributed by atoms with Crippen molar-refractivity contribution >= 4 is 5.78 Å². The first kappa shape index (κ1) is 28.9. The first-order valence-electron chi connectivity index (χ1n) is 12.0. The Bertz CT molecular complexity index is 1150. The Labute approximate surface area is 221 Å². The Morgan fingerprint density at radius 2 is 1.46 bits per heavy atom. The van der Waals surface area contributed by atoms with E-state index in [2.05, 4.69) is 0 Å². The van der Waals surface area contributed by atoms with Gasteiger partial charge in [0.25, 0.3) is 0 Å². The standard InChI is InChI=1S/C25H30O14/c1-9-23(39-25-21(34)19(32)18(31)15(8-26)38-25)20(33)22(35)24(36-9)37-14-7-12(28)6-13(29)16(14)17(30)10-2-4-11(27)5-3-10/h2-7,9,15,18-29,31-35H,8H2,1H3. The van der Waals surface area contributed by atoms with Crippen molar-refractivity contribution in [1.29, 1.82) is 0 Å². The van der Waals surface area contributed by atoms with Gasteiger partial charge in [-0.2, -0.15) is 0 Å². The third-order valence-corrected chi connectivity index (χ3v) is 6.58. The number of phenols is 3. The minimum absolute atomic E-state index is 0.0603. The van der Waals surface area contributed by atoms with Gasteiger partial charge >= 0.3 is 0 Å². The summed E-state index contributed by atoms with van der Waals surface area (Å²) in [5, 5.41) is 90.9. The smallest absolute Gasteiger partial charge is 0.229 e. The second-order valence-electron chi connectivity index (χ2n) is 9.32. The zero-order valence-corrected chi connectivity index (χ0v) is 20.5. The van der Waals surface area contributed by atoms with Crippen LogP contribution in [0.15, 0.2) is 36.4 Å². The summed E-state index contributed by atoms with van der Waals surface area (Å²) in [6.45, 7) is 0.715. The molecule has 0 amide bonds. The molecule has 2 aliphatic heterocycles. The Balaban J connectivity index is 1.53. The van der Waals surface area contributed by atoms with Crippen molar-refractivity contribution in [3.8, 4) is 23.0 Å². The maximum absolute atomic E-state index is 13.1.